The van der Waals surface area contributed by atoms with Gasteiger partial charge in [-0.05, 0) is 0 Å². The van der Waals surface area contributed by atoms with E-state index in [-0.39, 0.29) is 118 Å². The second-order valence-corrected chi connectivity index (χ2v) is 2.30. The molecule has 0 spiro atoms. The molecule has 0 radical (unpaired) electrons. The van der Waals surface area contributed by atoms with E-state index in [9.17, 15) is 9.36 Å². The molecule has 0 amide bonds. The molecule has 0 fully saturated rings. The van der Waals surface area contributed by atoms with Crippen LogP contribution < -0.4 is 0 Å². The van der Waals surface area contributed by atoms with Gasteiger partial charge in [0.2, 0.25) is 0 Å². The van der Waals surface area contributed by atoms with Gasteiger partial charge >= 0.3 is 132 Å². The van der Waals surface area contributed by atoms with Gasteiger partial charge in [0, 0.05) is 0 Å². The standard InChI is InChI=1S/CH3O5P.4Na.4H/c2-1(3)7(4,5)6;;;;;;;;/h(H,2,3)(H2,4,5,6);;;;;;;;. The molecule has 11 heavy (non-hydrogen) atoms. The summed E-state index contributed by atoms with van der Waals surface area (Å²) in [6.07, 6.45) is 0. The summed E-state index contributed by atoms with van der Waals surface area (Å²) in [5.41, 5.74) is -2.09. The normalized spacial score (nSPS) is 7.09. The molecule has 0 aromatic rings. The molecule has 0 rings (SSSR count). The third kappa shape index (κ3) is 19.9. The van der Waals surface area contributed by atoms with Gasteiger partial charge in [0.1, 0.15) is 0 Å². The average molecular weight is 222 g/mol. The van der Waals surface area contributed by atoms with Crippen LogP contribution in [0.2, 0.25) is 0 Å². The van der Waals surface area contributed by atoms with Gasteiger partial charge in [-0.2, -0.15) is 0 Å². The Morgan fingerprint density at radius 3 is 1.09 bits per heavy atom. The summed E-state index contributed by atoms with van der Waals surface area (Å²) in [7, 11) is -4.82. The van der Waals surface area contributed by atoms with Crippen LogP contribution in [0.4, 0.5) is 4.79 Å². The van der Waals surface area contributed by atoms with E-state index in [1.54, 1.807) is 0 Å². The van der Waals surface area contributed by atoms with Gasteiger partial charge in [0.05, 0.1) is 0 Å². The molecular weight excluding hydrogens is 215 g/mol. The minimum atomic E-state index is -4.82. The van der Waals surface area contributed by atoms with E-state index in [0.717, 1.165) is 0 Å². The number of rotatable bonds is 1. The third-order valence-electron chi connectivity index (χ3n) is 0.249. The van der Waals surface area contributed by atoms with Crippen LogP contribution >= 0.6 is 7.60 Å². The Hall–Kier alpha value is 3.62. The van der Waals surface area contributed by atoms with Crippen LogP contribution in [0.3, 0.4) is 0 Å². The molecule has 0 bridgehead atoms. The summed E-state index contributed by atoms with van der Waals surface area (Å²) < 4.78 is 9.43. The summed E-state index contributed by atoms with van der Waals surface area (Å²) in [6.45, 7) is 0. The zero-order chi connectivity index (χ0) is 6.08. The van der Waals surface area contributed by atoms with Crippen LogP contribution in [0.1, 0.15) is 0 Å². The van der Waals surface area contributed by atoms with Crippen LogP contribution in [0, 0.1) is 0 Å². The first kappa shape index (κ1) is 29.3. The summed E-state index contributed by atoms with van der Waals surface area (Å²) in [6, 6.07) is 0. The third-order valence-corrected chi connectivity index (χ3v) is 0.748. The van der Waals surface area contributed by atoms with Gasteiger partial charge < -0.3 is 14.9 Å². The molecule has 5 nitrogen and oxygen atoms in total. The summed E-state index contributed by atoms with van der Waals surface area (Å²) in [5, 5.41) is 7.49. The predicted octanol–water partition coefficient (Wildman–Crippen LogP) is -2.75. The second-order valence-electron chi connectivity index (χ2n) is 0.827. The van der Waals surface area contributed by atoms with Crippen molar-refractivity contribution in [3.05, 3.63) is 0 Å². The van der Waals surface area contributed by atoms with Gasteiger partial charge in [-0.15, -0.1) is 0 Å². The Morgan fingerprint density at radius 2 is 1.09 bits per heavy atom. The molecule has 0 atom stereocenters. The predicted molar refractivity (Wildman–Crippen MR) is 48.7 cm³/mol. The molecule has 3 N–H and O–H groups in total. The fraction of sp³-hybridized carbons (Fsp3) is 0. The van der Waals surface area contributed by atoms with E-state index < -0.39 is 13.3 Å². The fourth-order valence-corrected chi connectivity index (χ4v) is 0. The van der Waals surface area contributed by atoms with Gasteiger partial charge in [-0.3, -0.25) is 0 Å². The van der Waals surface area contributed by atoms with Gasteiger partial charge in [-0.1, -0.05) is 0 Å². The second kappa shape index (κ2) is 13.6. The summed E-state index contributed by atoms with van der Waals surface area (Å²) in [5.74, 6) is 0. The van der Waals surface area contributed by atoms with Crippen molar-refractivity contribution in [2.24, 2.45) is 0 Å². The Morgan fingerprint density at radius 1 is 1.00 bits per heavy atom. The molecular formula is CH7Na4O5P. The molecule has 0 aliphatic carbocycles. The van der Waals surface area contributed by atoms with Crippen molar-refractivity contribution in [3.8, 4) is 0 Å². The molecule has 0 saturated carbocycles. The number of carbonyl (C=O) groups is 1. The first-order valence-corrected chi connectivity index (χ1v) is 2.85. The van der Waals surface area contributed by atoms with Gasteiger partial charge in [0.15, 0.2) is 0 Å². The molecule has 0 aromatic heterocycles. The fourth-order valence-electron chi connectivity index (χ4n) is 0. The topological polar surface area (TPSA) is 94.8 Å². The molecule has 10 heteroatoms. The van der Waals surface area contributed by atoms with E-state index in [1.807, 2.05) is 0 Å². The maximum absolute atomic E-state index is 9.43. The van der Waals surface area contributed by atoms with Gasteiger partial charge in [-0.25, -0.2) is 9.36 Å². The van der Waals surface area contributed by atoms with Crippen LogP contribution in [0.15, 0.2) is 0 Å². The first-order chi connectivity index (χ1) is 2.94. The van der Waals surface area contributed by atoms with E-state index in [4.69, 9.17) is 14.9 Å². The van der Waals surface area contributed by atoms with Crippen molar-refractivity contribution < 1.29 is 24.3 Å². The van der Waals surface area contributed by atoms with Crippen LogP contribution in [-0.4, -0.2) is 139 Å². The molecule has 0 heterocycles. The zero-order valence-corrected chi connectivity index (χ0v) is 4.00. The van der Waals surface area contributed by atoms with Crippen molar-refractivity contribution in [1.82, 2.24) is 0 Å². The molecule has 50 valence electrons. The maximum atomic E-state index is 9.43. The monoisotopic (exact) mass is 222 g/mol. The van der Waals surface area contributed by atoms with Crippen LogP contribution in [0.5, 0.6) is 0 Å². The Bertz CT molecular complexity index is 130. The molecule has 0 unspecified atom stereocenters. The first-order valence-electron chi connectivity index (χ1n) is 1.23. The SMILES string of the molecule is O=C(O)P(=O)(O)O.[NaH].[NaH].[NaH].[NaH]. The molecule has 0 aromatic carbocycles. The van der Waals surface area contributed by atoms with E-state index in [1.165, 1.54) is 0 Å². The van der Waals surface area contributed by atoms with Crippen molar-refractivity contribution in [1.29, 1.82) is 0 Å². The van der Waals surface area contributed by atoms with Crippen LogP contribution in [0.25, 0.3) is 0 Å². The Kier molecular flexibility index (Phi) is 36.3. The Balaban J connectivity index is -0.0000000300. The van der Waals surface area contributed by atoms with Crippen molar-refractivity contribution in [3.63, 3.8) is 0 Å². The van der Waals surface area contributed by atoms with Crippen LogP contribution in [-0.2, 0) is 4.57 Å². The summed E-state index contributed by atoms with van der Waals surface area (Å²) in [4.78, 5) is 24.5. The quantitative estimate of drug-likeness (QED) is 0.330. The Labute approximate surface area is 152 Å². The number of carboxylic acid groups (broad SMARTS) is 1. The van der Waals surface area contributed by atoms with E-state index >= 15 is 0 Å². The minimum absolute atomic E-state index is 0. The average Bonchev–Trinajstić information content (AvgIpc) is 1.31. The van der Waals surface area contributed by atoms with Crippen molar-refractivity contribution in [2.75, 3.05) is 0 Å². The molecule has 0 saturated heterocycles. The van der Waals surface area contributed by atoms with Gasteiger partial charge in [0.25, 0.3) is 0 Å². The number of hydrogen-bond donors (Lipinski definition) is 3. The van der Waals surface area contributed by atoms with Crippen molar-refractivity contribution >= 4 is 132 Å². The summed E-state index contributed by atoms with van der Waals surface area (Å²) >= 11 is 0. The number of hydrogen-bond acceptors (Lipinski definition) is 2. The zero-order valence-electron chi connectivity index (χ0n) is 3.11. The van der Waals surface area contributed by atoms with E-state index in [2.05, 4.69) is 0 Å². The molecule has 0 aliphatic rings. The molecule has 0 aliphatic heterocycles. The van der Waals surface area contributed by atoms with Crippen molar-refractivity contribution in [2.45, 2.75) is 0 Å². The van der Waals surface area contributed by atoms with E-state index in [0.29, 0.717) is 0 Å².